The molecule has 122 valence electrons. The van der Waals surface area contributed by atoms with Gasteiger partial charge in [-0.25, -0.2) is 0 Å². The number of hydrogen-bond acceptors (Lipinski definition) is 6. The van der Waals surface area contributed by atoms with E-state index in [2.05, 4.69) is 4.90 Å². The van der Waals surface area contributed by atoms with Gasteiger partial charge >= 0.3 is 5.69 Å². The molecule has 22 heavy (non-hydrogen) atoms. The molecule has 7 nitrogen and oxygen atoms in total. The normalized spacial score (nSPS) is 24.0. The molecule has 3 atom stereocenters. The summed E-state index contributed by atoms with van der Waals surface area (Å²) in [5.41, 5.74) is -0.0942. The SMILES string of the molecule is C[C@@H]1CN(C[C@@H](O)COc2ccccc2[N+](=O)[O-])C[C@H](C)O1. The summed E-state index contributed by atoms with van der Waals surface area (Å²) in [5, 5.41) is 21.0. The monoisotopic (exact) mass is 310 g/mol. The van der Waals surface area contributed by atoms with Crippen molar-refractivity contribution in [2.24, 2.45) is 0 Å². The molecule has 0 spiro atoms. The first-order valence-corrected chi connectivity index (χ1v) is 7.37. The lowest BCUT2D eigenvalue weighted by molar-refractivity contribution is -0.385. The molecule has 0 radical (unpaired) electrons. The van der Waals surface area contributed by atoms with Crippen LogP contribution in [0.5, 0.6) is 5.75 Å². The number of nitrogens with zero attached hydrogens (tertiary/aromatic N) is 2. The van der Waals surface area contributed by atoms with E-state index in [-0.39, 0.29) is 30.3 Å². The number of morpholine rings is 1. The Morgan fingerprint density at radius 1 is 1.41 bits per heavy atom. The van der Waals surface area contributed by atoms with Gasteiger partial charge in [-0.1, -0.05) is 12.1 Å². The molecule has 1 fully saturated rings. The van der Waals surface area contributed by atoms with Crippen molar-refractivity contribution in [1.82, 2.24) is 4.90 Å². The van der Waals surface area contributed by atoms with Crippen LogP contribution in [0.2, 0.25) is 0 Å². The molecule has 1 aliphatic rings. The molecular weight excluding hydrogens is 288 g/mol. The molecule has 1 heterocycles. The van der Waals surface area contributed by atoms with E-state index in [1.54, 1.807) is 12.1 Å². The van der Waals surface area contributed by atoms with Gasteiger partial charge in [0, 0.05) is 25.7 Å². The van der Waals surface area contributed by atoms with Gasteiger partial charge in [-0.2, -0.15) is 0 Å². The van der Waals surface area contributed by atoms with Crippen LogP contribution in [-0.2, 0) is 4.74 Å². The van der Waals surface area contributed by atoms with E-state index in [9.17, 15) is 15.2 Å². The Balaban J connectivity index is 1.85. The van der Waals surface area contributed by atoms with Crippen molar-refractivity contribution >= 4 is 5.69 Å². The second-order valence-corrected chi connectivity index (χ2v) is 5.67. The zero-order valence-electron chi connectivity index (χ0n) is 12.8. The number of β-amino-alcohol motifs (C(OH)–C–C–N with tert-alkyl or cyclic N) is 1. The van der Waals surface area contributed by atoms with E-state index in [0.29, 0.717) is 6.54 Å². The van der Waals surface area contributed by atoms with Crippen LogP contribution in [0.15, 0.2) is 24.3 Å². The third-order valence-corrected chi connectivity index (χ3v) is 3.46. The van der Waals surface area contributed by atoms with Crippen LogP contribution in [0.3, 0.4) is 0 Å². The Hall–Kier alpha value is -1.70. The van der Waals surface area contributed by atoms with Crippen molar-refractivity contribution in [3.63, 3.8) is 0 Å². The van der Waals surface area contributed by atoms with Gasteiger partial charge in [0.2, 0.25) is 0 Å². The summed E-state index contributed by atoms with van der Waals surface area (Å²) in [7, 11) is 0. The number of para-hydroxylation sites is 2. The van der Waals surface area contributed by atoms with Gasteiger partial charge in [0.15, 0.2) is 5.75 Å². The lowest BCUT2D eigenvalue weighted by Crippen LogP contribution is -2.48. The highest BCUT2D eigenvalue weighted by atomic mass is 16.6. The maximum Gasteiger partial charge on any atom is 0.310 e. The molecule has 1 aromatic carbocycles. The summed E-state index contributed by atoms with van der Waals surface area (Å²) in [6, 6.07) is 6.16. The Bertz CT molecular complexity index is 500. The number of nitro groups is 1. The largest absolute Gasteiger partial charge is 0.484 e. The first-order valence-electron chi connectivity index (χ1n) is 7.37. The number of aliphatic hydroxyl groups excluding tert-OH is 1. The number of benzene rings is 1. The summed E-state index contributed by atoms with van der Waals surface area (Å²) >= 11 is 0. The molecule has 2 rings (SSSR count). The molecule has 1 N–H and O–H groups in total. The van der Waals surface area contributed by atoms with Crippen LogP contribution < -0.4 is 4.74 Å². The van der Waals surface area contributed by atoms with Gasteiger partial charge in [0.25, 0.3) is 0 Å². The van der Waals surface area contributed by atoms with Gasteiger partial charge in [0.1, 0.15) is 12.7 Å². The fourth-order valence-corrected chi connectivity index (χ4v) is 2.70. The maximum atomic E-state index is 10.9. The summed E-state index contributed by atoms with van der Waals surface area (Å²) in [4.78, 5) is 12.5. The van der Waals surface area contributed by atoms with Gasteiger partial charge in [-0.3, -0.25) is 15.0 Å². The molecule has 0 saturated carbocycles. The van der Waals surface area contributed by atoms with Crippen LogP contribution in [0, 0.1) is 10.1 Å². The molecule has 1 aliphatic heterocycles. The van der Waals surface area contributed by atoms with E-state index >= 15 is 0 Å². The van der Waals surface area contributed by atoms with Gasteiger partial charge in [0.05, 0.1) is 17.1 Å². The lowest BCUT2D eigenvalue weighted by atomic mass is 10.2. The molecule has 0 unspecified atom stereocenters. The summed E-state index contributed by atoms with van der Waals surface area (Å²) in [6.45, 7) is 5.99. The highest BCUT2D eigenvalue weighted by Gasteiger charge is 2.24. The minimum Gasteiger partial charge on any atom is -0.484 e. The number of nitro benzene ring substituents is 1. The van der Waals surface area contributed by atoms with Crippen molar-refractivity contribution in [1.29, 1.82) is 0 Å². The number of ether oxygens (including phenoxy) is 2. The van der Waals surface area contributed by atoms with Crippen LogP contribution in [0.4, 0.5) is 5.69 Å². The molecule has 1 saturated heterocycles. The summed E-state index contributed by atoms with van der Waals surface area (Å²) < 4.78 is 11.0. The highest BCUT2D eigenvalue weighted by molar-refractivity contribution is 5.45. The maximum absolute atomic E-state index is 10.9. The zero-order chi connectivity index (χ0) is 16.1. The highest BCUT2D eigenvalue weighted by Crippen LogP contribution is 2.25. The predicted molar refractivity (Wildman–Crippen MR) is 81.0 cm³/mol. The van der Waals surface area contributed by atoms with Gasteiger partial charge in [-0.15, -0.1) is 0 Å². The minimum absolute atomic E-state index is 0.0188. The van der Waals surface area contributed by atoms with Crippen LogP contribution >= 0.6 is 0 Å². The third-order valence-electron chi connectivity index (χ3n) is 3.46. The first-order chi connectivity index (χ1) is 10.5. The summed E-state index contributed by atoms with van der Waals surface area (Å²) in [5.74, 6) is 0.176. The molecule has 1 aromatic rings. The Kier molecular flexibility index (Phi) is 5.70. The Morgan fingerprint density at radius 2 is 2.05 bits per heavy atom. The zero-order valence-corrected chi connectivity index (χ0v) is 12.8. The van der Waals surface area contributed by atoms with E-state index in [4.69, 9.17) is 9.47 Å². The molecular formula is C15H22N2O5. The predicted octanol–water partition coefficient (Wildman–Crippen LogP) is 1.44. The average Bonchev–Trinajstić information content (AvgIpc) is 2.44. The molecule has 0 amide bonds. The number of hydrogen-bond donors (Lipinski definition) is 1. The van der Waals surface area contributed by atoms with E-state index in [1.165, 1.54) is 12.1 Å². The Labute approximate surface area is 129 Å². The van der Waals surface area contributed by atoms with Crippen molar-refractivity contribution in [3.8, 4) is 5.75 Å². The topological polar surface area (TPSA) is 85.1 Å². The fraction of sp³-hybridized carbons (Fsp3) is 0.600. The van der Waals surface area contributed by atoms with E-state index < -0.39 is 11.0 Å². The Morgan fingerprint density at radius 3 is 2.68 bits per heavy atom. The lowest BCUT2D eigenvalue weighted by Gasteiger charge is -2.36. The average molecular weight is 310 g/mol. The van der Waals surface area contributed by atoms with Crippen molar-refractivity contribution in [2.75, 3.05) is 26.2 Å². The van der Waals surface area contributed by atoms with Crippen molar-refractivity contribution in [3.05, 3.63) is 34.4 Å². The van der Waals surface area contributed by atoms with E-state index in [0.717, 1.165) is 13.1 Å². The fourth-order valence-electron chi connectivity index (χ4n) is 2.70. The smallest absolute Gasteiger partial charge is 0.310 e. The van der Waals surface area contributed by atoms with Crippen molar-refractivity contribution < 1.29 is 19.5 Å². The van der Waals surface area contributed by atoms with Crippen molar-refractivity contribution in [2.45, 2.75) is 32.2 Å². The van der Waals surface area contributed by atoms with Crippen LogP contribution in [0.1, 0.15) is 13.8 Å². The first kappa shape index (κ1) is 16.7. The second-order valence-electron chi connectivity index (χ2n) is 5.67. The molecule has 0 aromatic heterocycles. The molecule has 0 aliphatic carbocycles. The minimum atomic E-state index is -0.711. The van der Waals surface area contributed by atoms with E-state index in [1.807, 2.05) is 13.8 Å². The van der Waals surface area contributed by atoms with Gasteiger partial charge in [-0.05, 0) is 19.9 Å². The number of rotatable bonds is 6. The quantitative estimate of drug-likeness (QED) is 0.632. The number of aliphatic hydroxyl groups is 1. The second kappa shape index (κ2) is 7.53. The van der Waals surface area contributed by atoms with Gasteiger partial charge < -0.3 is 14.6 Å². The molecule has 0 bridgehead atoms. The molecule has 7 heteroatoms. The summed E-state index contributed by atoms with van der Waals surface area (Å²) in [6.07, 6.45) is -0.448. The standard InChI is InChI=1S/C15H22N2O5/c1-11-7-16(8-12(2)22-11)9-13(18)10-21-15-6-4-3-5-14(15)17(19)20/h3-6,11-13,18H,7-10H2,1-2H3/t11-,12+,13-/m1/s1. The third kappa shape index (κ3) is 4.66. The van der Waals surface area contributed by atoms with Crippen LogP contribution in [0.25, 0.3) is 0 Å². The van der Waals surface area contributed by atoms with Crippen LogP contribution in [-0.4, -0.2) is 59.5 Å².